The molecule has 0 bridgehead atoms. The van der Waals surface area contributed by atoms with Crippen molar-refractivity contribution in [3.8, 4) is 5.75 Å². The van der Waals surface area contributed by atoms with E-state index in [4.69, 9.17) is 14.6 Å². The molecule has 4 nitrogen and oxygen atoms in total. The Morgan fingerprint density at radius 2 is 2.06 bits per heavy atom. The van der Waals surface area contributed by atoms with Crippen molar-refractivity contribution in [2.45, 2.75) is 19.3 Å². The number of Topliss-reactive ketones (excluding diaryl/α,β-unsaturated/α-hetero) is 1. The lowest BCUT2D eigenvalue weighted by Crippen LogP contribution is -2.12. The highest BCUT2D eigenvalue weighted by Gasteiger charge is 2.17. The van der Waals surface area contributed by atoms with Crippen LogP contribution in [0.2, 0.25) is 0 Å². The second-order valence-corrected chi connectivity index (χ2v) is 4.28. The molecule has 0 aromatic heterocycles. The zero-order valence-electron chi connectivity index (χ0n) is 10.4. The molecule has 1 N–H and O–H groups in total. The highest BCUT2D eigenvalue weighted by Crippen LogP contribution is 2.25. The number of fused-ring (bicyclic) bond motifs is 1. The number of ketones is 1. The van der Waals surface area contributed by atoms with Gasteiger partial charge in [0.2, 0.25) is 0 Å². The normalized spacial score (nSPS) is 14.4. The number of hydrogen-bond acceptors (Lipinski definition) is 4. The average Bonchev–Trinajstić information content (AvgIpc) is 2.39. The van der Waals surface area contributed by atoms with Crippen LogP contribution in [0.15, 0.2) is 18.2 Å². The van der Waals surface area contributed by atoms with Gasteiger partial charge < -0.3 is 14.6 Å². The average molecular weight is 250 g/mol. The van der Waals surface area contributed by atoms with E-state index in [9.17, 15) is 4.79 Å². The molecule has 1 aromatic rings. The number of carbonyl (C=O) groups is 1. The molecule has 1 aliphatic rings. The second kappa shape index (κ2) is 6.52. The number of hydrogen-bond donors (Lipinski definition) is 1. The van der Waals surface area contributed by atoms with Gasteiger partial charge in [0, 0.05) is 12.0 Å². The Balaban J connectivity index is 1.88. The van der Waals surface area contributed by atoms with E-state index in [1.807, 2.05) is 18.2 Å². The van der Waals surface area contributed by atoms with Gasteiger partial charge in [-0.2, -0.15) is 0 Å². The van der Waals surface area contributed by atoms with Crippen LogP contribution in [0.4, 0.5) is 0 Å². The first kappa shape index (κ1) is 13.1. The number of benzene rings is 1. The van der Waals surface area contributed by atoms with Gasteiger partial charge in [-0.1, -0.05) is 0 Å². The number of aryl methyl sites for hydroxylation is 1. The van der Waals surface area contributed by atoms with Crippen LogP contribution in [-0.2, 0) is 11.2 Å². The molecule has 0 unspecified atom stereocenters. The van der Waals surface area contributed by atoms with Crippen molar-refractivity contribution in [1.29, 1.82) is 0 Å². The molecule has 18 heavy (non-hydrogen) atoms. The summed E-state index contributed by atoms with van der Waals surface area (Å²) in [5.74, 6) is 1.00. The minimum absolute atomic E-state index is 0.0287. The zero-order chi connectivity index (χ0) is 12.8. The second-order valence-electron chi connectivity index (χ2n) is 4.28. The molecule has 0 aliphatic heterocycles. The van der Waals surface area contributed by atoms with Crippen molar-refractivity contribution < 1.29 is 19.4 Å². The fourth-order valence-electron chi connectivity index (χ4n) is 2.10. The highest BCUT2D eigenvalue weighted by molar-refractivity contribution is 5.98. The van der Waals surface area contributed by atoms with E-state index in [2.05, 4.69) is 0 Å². The predicted octanol–water partition coefficient (Wildman–Crippen LogP) is 1.59. The first-order valence-corrected chi connectivity index (χ1v) is 6.29. The molecule has 0 atom stereocenters. The third kappa shape index (κ3) is 3.31. The number of aliphatic hydroxyl groups is 1. The molecule has 0 fully saturated rings. The fraction of sp³-hybridized carbons (Fsp3) is 0.500. The van der Waals surface area contributed by atoms with E-state index in [1.165, 1.54) is 0 Å². The van der Waals surface area contributed by atoms with Gasteiger partial charge in [-0.25, -0.2) is 0 Å². The molecule has 0 amide bonds. The van der Waals surface area contributed by atoms with Gasteiger partial charge in [0.25, 0.3) is 0 Å². The summed E-state index contributed by atoms with van der Waals surface area (Å²) in [7, 11) is 0. The van der Waals surface area contributed by atoms with Crippen LogP contribution < -0.4 is 4.74 Å². The minimum Gasteiger partial charge on any atom is -0.491 e. The minimum atomic E-state index is 0.0287. The van der Waals surface area contributed by atoms with Gasteiger partial charge in [-0.3, -0.25) is 4.79 Å². The van der Waals surface area contributed by atoms with Crippen LogP contribution in [0.25, 0.3) is 0 Å². The van der Waals surface area contributed by atoms with Crippen LogP contribution in [0.5, 0.6) is 5.75 Å². The molecule has 0 radical (unpaired) electrons. The quantitative estimate of drug-likeness (QED) is 0.779. The molecule has 2 rings (SSSR count). The van der Waals surface area contributed by atoms with E-state index in [0.717, 1.165) is 29.7 Å². The summed E-state index contributed by atoms with van der Waals surface area (Å²) in [4.78, 5) is 11.6. The van der Waals surface area contributed by atoms with E-state index in [0.29, 0.717) is 26.2 Å². The topological polar surface area (TPSA) is 55.8 Å². The number of rotatable bonds is 6. The molecule has 0 saturated carbocycles. The maximum Gasteiger partial charge on any atom is 0.163 e. The monoisotopic (exact) mass is 250 g/mol. The zero-order valence-corrected chi connectivity index (χ0v) is 10.4. The lowest BCUT2D eigenvalue weighted by atomic mass is 9.91. The van der Waals surface area contributed by atoms with Gasteiger partial charge in [0.05, 0.1) is 19.8 Å². The van der Waals surface area contributed by atoms with Crippen molar-refractivity contribution in [2.75, 3.05) is 26.4 Å². The standard InChI is InChI=1S/C14H18O4/c15-6-7-17-8-9-18-12-4-5-13-11(10-12)2-1-3-14(13)16/h4-5,10,15H,1-3,6-9H2. The Morgan fingerprint density at radius 1 is 1.17 bits per heavy atom. The first-order chi connectivity index (χ1) is 8.81. The summed E-state index contributed by atoms with van der Waals surface area (Å²) in [6.07, 6.45) is 2.52. The van der Waals surface area contributed by atoms with Crippen molar-refractivity contribution in [2.24, 2.45) is 0 Å². The van der Waals surface area contributed by atoms with Gasteiger partial charge in [0.1, 0.15) is 12.4 Å². The maximum absolute atomic E-state index is 11.6. The SMILES string of the molecule is O=C1CCCc2cc(OCCOCCO)ccc21. The van der Waals surface area contributed by atoms with Gasteiger partial charge in [-0.05, 0) is 36.6 Å². The largest absolute Gasteiger partial charge is 0.491 e. The maximum atomic E-state index is 11.6. The molecule has 4 heteroatoms. The summed E-state index contributed by atoms with van der Waals surface area (Å²) >= 11 is 0. The molecule has 1 aromatic carbocycles. The Bertz CT molecular complexity index is 414. The number of aliphatic hydroxyl groups excluding tert-OH is 1. The summed E-state index contributed by atoms with van der Waals surface area (Å²) in [6.45, 7) is 1.27. The third-order valence-electron chi connectivity index (χ3n) is 2.96. The number of ether oxygens (including phenoxy) is 2. The van der Waals surface area contributed by atoms with Crippen molar-refractivity contribution in [3.63, 3.8) is 0 Å². The van der Waals surface area contributed by atoms with Crippen LogP contribution in [-0.4, -0.2) is 37.3 Å². The van der Waals surface area contributed by atoms with Crippen molar-refractivity contribution in [1.82, 2.24) is 0 Å². The van der Waals surface area contributed by atoms with Crippen LogP contribution in [0, 0.1) is 0 Å². The summed E-state index contributed by atoms with van der Waals surface area (Å²) < 4.78 is 10.6. The van der Waals surface area contributed by atoms with E-state index in [-0.39, 0.29) is 12.4 Å². The summed E-state index contributed by atoms with van der Waals surface area (Å²) in [6, 6.07) is 5.62. The highest BCUT2D eigenvalue weighted by atomic mass is 16.5. The van der Waals surface area contributed by atoms with Crippen LogP contribution in [0.1, 0.15) is 28.8 Å². The molecular weight excluding hydrogens is 232 g/mol. The van der Waals surface area contributed by atoms with E-state index in [1.54, 1.807) is 0 Å². The molecule has 0 saturated heterocycles. The molecule has 1 aliphatic carbocycles. The lowest BCUT2D eigenvalue weighted by molar-refractivity contribution is 0.0705. The predicted molar refractivity (Wildman–Crippen MR) is 67.1 cm³/mol. The smallest absolute Gasteiger partial charge is 0.163 e. The van der Waals surface area contributed by atoms with Crippen LogP contribution >= 0.6 is 0 Å². The molecular formula is C14H18O4. The Kier molecular flexibility index (Phi) is 4.73. The summed E-state index contributed by atoms with van der Waals surface area (Å²) in [5.41, 5.74) is 1.92. The van der Waals surface area contributed by atoms with Crippen molar-refractivity contribution in [3.05, 3.63) is 29.3 Å². The Hall–Kier alpha value is -1.39. The Morgan fingerprint density at radius 3 is 2.89 bits per heavy atom. The van der Waals surface area contributed by atoms with E-state index >= 15 is 0 Å². The first-order valence-electron chi connectivity index (χ1n) is 6.29. The van der Waals surface area contributed by atoms with Crippen LogP contribution in [0.3, 0.4) is 0 Å². The van der Waals surface area contributed by atoms with Crippen molar-refractivity contribution >= 4 is 5.78 Å². The Labute approximate surface area is 107 Å². The molecule has 0 spiro atoms. The molecule has 0 heterocycles. The summed E-state index contributed by atoms with van der Waals surface area (Å²) in [5, 5.41) is 8.54. The van der Waals surface area contributed by atoms with E-state index < -0.39 is 0 Å². The fourth-order valence-corrected chi connectivity index (χ4v) is 2.10. The molecule has 98 valence electrons. The number of carbonyl (C=O) groups excluding carboxylic acids is 1. The van der Waals surface area contributed by atoms with Gasteiger partial charge >= 0.3 is 0 Å². The van der Waals surface area contributed by atoms with Gasteiger partial charge in [-0.15, -0.1) is 0 Å². The lowest BCUT2D eigenvalue weighted by Gasteiger charge is -2.16. The third-order valence-corrected chi connectivity index (χ3v) is 2.96. The van der Waals surface area contributed by atoms with Gasteiger partial charge in [0.15, 0.2) is 5.78 Å².